The zero-order chi connectivity index (χ0) is 18.8. The number of thiazole rings is 1. The summed E-state index contributed by atoms with van der Waals surface area (Å²) in [5.74, 6) is 1.64. The Labute approximate surface area is 167 Å². The minimum absolute atomic E-state index is 0.780. The van der Waals surface area contributed by atoms with Crippen molar-refractivity contribution in [3.63, 3.8) is 0 Å². The summed E-state index contributed by atoms with van der Waals surface area (Å²) in [6, 6.07) is 16.9. The topological polar surface area (TPSA) is 43.6 Å². The average molecular weight is 393 g/mol. The van der Waals surface area contributed by atoms with Crippen molar-refractivity contribution in [2.45, 2.75) is 31.7 Å². The second kappa shape index (κ2) is 7.66. The van der Waals surface area contributed by atoms with Crippen LogP contribution in [0.2, 0.25) is 0 Å². The lowest BCUT2D eigenvalue weighted by Crippen LogP contribution is -2.00. The standard InChI is InChI=1S/C21H20N4S2/c1-14-4-8-17(9-5-14)20-23-24-21(27-13-18-12-26-16(3)22-18)25(20)19-10-6-15(2)7-11-19/h4-12H,13H2,1-3H3. The predicted octanol–water partition coefficient (Wildman–Crippen LogP) is 5.61. The minimum Gasteiger partial charge on any atom is -0.270 e. The fourth-order valence-electron chi connectivity index (χ4n) is 2.79. The Kier molecular flexibility index (Phi) is 5.09. The van der Waals surface area contributed by atoms with E-state index in [0.717, 1.165) is 38.7 Å². The van der Waals surface area contributed by atoms with Gasteiger partial charge in [-0.1, -0.05) is 59.3 Å². The van der Waals surface area contributed by atoms with E-state index < -0.39 is 0 Å². The van der Waals surface area contributed by atoms with Gasteiger partial charge in [0.05, 0.1) is 10.7 Å². The van der Waals surface area contributed by atoms with Gasteiger partial charge in [-0.05, 0) is 32.9 Å². The number of hydrogen-bond acceptors (Lipinski definition) is 5. The van der Waals surface area contributed by atoms with Gasteiger partial charge in [-0.2, -0.15) is 0 Å². The number of benzene rings is 2. The fourth-order valence-corrected chi connectivity index (χ4v) is 4.36. The molecule has 0 saturated heterocycles. The van der Waals surface area contributed by atoms with Gasteiger partial charge >= 0.3 is 0 Å². The third-order valence-electron chi connectivity index (χ3n) is 4.25. The molecule has 0 aliphatic rings. The van der Waals surface area contributed by atoms with Gasteiger partial charge in [0, 0.05) is 22.4 Å². The normalized spacial score (nSPS) is 11.1. The van der Waals surface area contributed by atoms with E-state index in [1.807, 2.05) is 6.92 Å². The summed E-state index contributed by atoms with van der Waals surface area (Å²) in [5, 5.41) is 13.1. The molecule has 0 N–H and O–H groups in total. The Balaban J connectivity index is 1.74. The zero-order valence-corrected chi connectivity index (χ0v) is 17.1. The van der Waals surface area contributed by atoms with Crippen LogP contribution < -0.4 is 0 Å². The summed E-state index contributed by atoms with van der Waals surface area (Å²) in [6.45, 7) is 6.21. The molecule has 2 aromatic carbocycles. The molecule has 0 aliphatic carbocycles. The Morgan fingerprint density at radius 3 is 2.19 bits per heavy atom. The first-order chi connectivity index (χ1) is 13.1. The number of aryl methyl sites for hydroxylation is 3. The van der Waals surface area contributed by atoms with Crippen LogP contribution in [-0.4, -0.2) is 19.7 Å². The van der Waals surface area contributed by atoms with Crippen LogP contribution >= 0.6 is 23.1 Å². The molecule has 0 saturated carbocycles. The van der Waals surface area contributed by atoms with E-state index >= 15 is 0 Å². The predicted molar refractivity (Wildman–Crippen MR) is 113 cm³/mol. The van der Waals surface area contributed by atoms with E-state index in [0.29, 0.717) is 0 Å². The highest BCUT2D eigenvalue weighted by molar-refractivity contribution is 7.98. The Bertz CT molecular complexity index is 1050. The lowest BCUT2D eigenvalue weighted by atomic mass is 10.1. The molecule has 27 heavy (non-hydrogen) atoms. The van der Waals surface area contributed by atoms with E-state index in [9.17, 15) is 0 Å². The van der Waals surface area contributed by atoms with Crippen LogP contribution in [0.1, 0.15) is 21.8 Å². The summed E-state index contributed by atoms with van der Waals surface area (Å²) in [5.41, 5.74) is 5.67. The van der Waals surface area contributed by atoms with Crippen molar-refractivity contribution >= 4 is 23.1 Å². The van der Waals surface area contributed by atoms with Gasteiger partial charge in [-0.25, -0.2) is 4.98 Å². The van der Waals surface area contributed by atoms with Crippen LogP contribution in [0.3, 0.4) is 0 Å². The minimum atomic E-state index is 0.780. The zero-order valence-electron chi connectivity index (χ0n) is 15.5. The lowest BCUT2D eigenvalue weighted by molar-refractivity contribution is 0.885. The summed E-state index contributed by atoms with van der Waals surface area (Å²) >= 11 is 3.34. The molecular weight excluding hydrogens is 372 g/mol. The third-order valence-corrected chi connectivity index (χ3v) is 6.04. The molecule has 6 heteroatoms. The molecule has 0 bridgehead atoms. The van der Waals surface area contributed by atoms with E-state index in [1.54, 1.807) is 23.1 Å². The van der Waals surface area contributed by atoms with Crippen molar-refractivity contribution in [1.82, 2.24) is 19.7 Å². The first kappa shape index (κ1) is 17.9. The van der Waals surface area contributed by atoms with Crippen molar-refractivity contribution in [3.8, 4) is 17.1 Å². The molecule has 0 fully saturated rings. The average Bonchev–Trinajstić information content (AvgIpc) is 3.27. The van der Waals surface area contributed by atoms with Gasteiger partial charge in [-0.3, -0.25) is 4.57 Å². The van der Waals surface area contributed by atoms with Gasteiger partial charge in [-0.15, -0.1) is 21.5 Å². The summed E-state index contributed by atoms with van der Waals surface area (Å²) < 4.78 is 2.13. The molecule has 0 aliphatic heterocycles. The van der Waals surface area contributed by atoms with E-state index in [4.69, 9.17) is 0 Å². The highest BCUT2D eigenvalue weighted by Crippen LogP contribution is 2.30. The van der Waals surface area contributed by atoms with E-state index in [1.165, 1.54) is 11.1 Å². The van der Waals surface area contributed by atoms with Gasteiger partial charge in [0.25, 0.3) is 0 Å². The number of rotatable bonds is 5. The second-order valence-electron chi connectivity index (χ2n) is 6.49. The molecule has 0 amide bonds. The Morgan fingerprint density at radius 1 is 0.889 bits per heavy atom. The van der Waals surface area contributed by atoms with Crippen LogP contribution in [0.5, 0.6) is 0 Å². The number of aromatic nitrogens is 4. The monoisotopic (exact) mass is 392 g/mol. The molecule has 0 spiro atoms. The summed E-state index contributed by atoms with van der Waals surface area (Å²) in [7, 11) is 0. The largest absolute Gasteiger partial charge is 0.270 e. The van der Waals surface area contributed by atoms with Gasteiger partial charge in [0.15, 0.2) is 11.0 Å². The number of thioether (sulfide) groups is 1. The lowest BCUT2D eigenvalue weighted by Gasteiger charge is -2.10. The van der Waals surface area contributed by atoms with Crippen molar-refractivity contribution in [2.75, 3.05) is 0 Å². The summed E-state index contributed by atoms with van der Waals surface area (Å²) in [4.78, 5) is 4.55. The van der Waals surface area contributed by atoms with Crippen LogP contribution in [0, 0.1) is 20.8 Å². The Morgan fingerprint density at radius 2 is 1.56 bits per heavy atom. The van der Waals surface area contributed by atoms with Crippen molar-refractivity contribution in [3.05, 3.63) is 75.7 Å². The maximum atomic E-state index is 4.55. The second-order valence-corrected chi connectivity index (χ2v) is 8.49. The SMILES string of the molecule is Cc1ccc(-c2nnc(SCc3csc(C)n3)n2-c2ccc(C)cc2)cc1. The first-order valence-corrected chi connectivity index (χ1v) is 10.6. The van der Waals surface area contributed by atoms with Crippen LogP contribution in [0.25, 0.3) is 17.1 Å². The molecule has 0 atom stereocenters. The molecule has 136 valence electrons. The van der Waals surface area contributed by atoms with Gasteiger partial charge in [0.2, 0.25) is 0 Å². The van der Waals surface area contributed by atoms with Gasteiger partial charge < -0.3 is 0 Å². The maximum Gasteiger partial charge on any atom is 0.196 e. The van der Waals surface area contributed by atoms with Crippen molar-refractivity contribution < 1.29 is 0 Å². The molecule has 4 nitrogen and oxygen atoms in total. The smallest absolute Gasteiger partial charge is 0.196 e. The van der Waals surface area contributed by atoms with Crippen molar-refractivity contribution in [1.29, 1.82) is 0 Å². The molecular formula is C21H20N4S2. The number of nitrogens with zero attached hydrogens (tertiary/aromatic N) is 4. The highest BCUT2D eigenvalue weighted by atomic mass is 32.2. The third kappa shape index (κ3) is 3.96. The molecule has 0 unspecified atom stereocenters. The van der Waals surface area contributed by atoms with Crippen LogP contribution in [-0.2, 0) is 5.75 Å². The number of hydrogen-bond donors (Lipinski definition) is 0. The first-order valence-electron chi connectivity index (χ1n) is 8.73. The molecule has 4 aromatic rings. The molecule has 4 rings (SSSR count). The Hall–Kier alpha value is -2.44. The van der Waals surface area contributed by atoms with Crippen LogP contribution in [0.15, 0.2) is 59.1 Å². The maximum absolute atomic E-state index is 4.55. The van der Waals surface area contributed by atoms with Crippen LogP contribution in [0.4, 0.5) is 0 Å². The molecule has 0 radical (unpaired) electrons. The summed E-state index contributed by atoms with van der Waals surface area (Å²) in [6.07, 6.45) is 0. The van der Waals surface area contributed by atoms with Crippen molar-refractivity contribution in [2.24, 2.45) is 0 Å². The van der Waals surface area contributed by atoms with E-state index in [2.05, 4.69) is 87.5 Å². The van der Waals surface area contributed by atoms with E-state index in [-0.39, 0.29) is 0 Å². The molecule has 2 aromatic heterocycles. The van der Waals surface area contributed by atoms with Gasteiger partial charge in [0.1, 0.15) is 0 Å². The highest BCUT2D eigenvalue weighted by Gasteiger charge is 2.16. The molecule has 2 heterocycles. The quantitative estimate of drug-likeness (QED) is 0.414. The fraction of sp³-hybridized carbons (Fsp3) is 0.190.